The van der Waals surface area contributed by atoms with Crippen molar-refractivity contribution in [1.82, 2.24) is 20.3 Å². The number of benzene rings is 2. The first-order valence-electron chi connectivity index (χ1n) is 10.4. The zero-order chi connectivity index (χ0) is 22.9. The summed E-state index contributed by atoms with van der Waals surface area (Å²) in [6, 6.07) is 12.6. The number of hydrogen-bond donors (Lipinski definition) is 2. The Hall–Kier alpha value is -3.66. The van der Waals surface area contributed by atoms with Crippen LogP contribution < -0.4 is 15.8 Å². The Morgan fingerprint density at radius 2 is 1.88 bits per heavy atom. The molecule has 7 nitrogen and oxygen atoms in total. The first kappa shape index (κ1) is 21.2. The second-order valence-electron chi connectivity index (χ2n) is 7.72. The summed E-state index contributed by atoms with van der Waals surface area (Å²) < 4.78 is 28.4. The number of fused-ring (bicyclic) bond motifs is 1. The smallest absolute Gasteiger partial charge is 0.278 e. The molecular weight excluding hydrogens is 448 g/mol. The molecule has 0 spiro atoms. The topological polar surface area (TPSA) is 91.0 Å². The molecule has 1 saturated heterocycles. The lowest BCUT2D eigenvalue weighted by molar-refractivity contribution is -0.122. The van der Waals surface area contributed by atoms with Crippen LogP contribution in [0.15, 0.2) is 53.3 Å². The van der Waals surface area contributed by atoms with Crippen molar-refractivity contribution in [2.45, 2.75) is 25.4 Å². The summed E-state index contributed by atoms with van der Waals surface area (Å²) in [5.41, 5.74) is 0.0834. The van der Waals surface area contributed by atoms with E-state index in [0.29, 0.717) is 24.6 Å². The van der Waals surface area contributed by atoms with Crippen LogP contribution in [0.4, 0.5) is 13.9 Å². The van der Waals surface area contributed by atoms with Gasteiger partial charge in [0.15, 0.2) is 15.5 Å². The van der Waals surface area contributed by atoms with Crippen LogP contribution in [0.2, 0.25) is 0 Å². The van der Waals surface area contributed by atoms with Crippen molar-refractivity contribution < 1.29 is 13.6 Å². The quantitative estimate of drug-likeness (QED) is 0.468. The number of H-pyrrole nitrogens is 1. The Balaban J connectivity index is 1.43. The van der Waals surface area contributed by atoms with E-state index in [9.17, 15) is 18.4 Å². The summed E-state index contributed by atoms with van der Waals surface area (Å²) in [6.07, 6.45) is 1.46. The van der Waals surface area contributed by atoms with Crippen LogP contribution in [0.5, 0.6) is 0 Å². The highest BCUT2D eigenvalue weighted by atomic mass is 32.1. The molecular formula is C23H19F2N5O2S. The number of nitrogens with one attached hydrogen (secondary N) is 2. The van der Waals surface area contributed by atoms with E-state index in [1.54, 1.807) is 0 Å². The standard InChI is InChI=1S/C23H19F2N5O2S/c24-14-8-4-9-15(25)17(14)19-28-21(32)18-22(29-19)33-23(27-18)30-11-5-10-16(30)20(31)26-12-13-6-2-1-3-7-13/h1-4,6-9,16H,5,10-12H2,(H,26,31)(H,28,29,32)/t16-/m1/s1. The van der Waals surface area contributed by atoms with E-state index in [-0.39, 0.29) is 22.1 Å². The molecule has 5 rings (SSSR count). The lowest BCUT2D eigenvalue weighted by Crippen LogP contribution is -2.43. The van der Waals surface area contributed by atoms with E-state index in [0.717, 1.165) is 35.5 Å². The molecule has 1 aliphatic heterocycles. The second kappa shape index (κ2) is 8.70. The number of carbonyl (C=O) groups is 1. The van der Waals surface area contributed by atoms with Gasteiger partial charge in [0.05, 0.1) is 5.56 Å². The number of thiazole rings is 1. The van der Waals surface area contributed by atoms with E-state index in [1.165, 1.54) is 6.07 Å². The molecule has 1 atom stereocenters. The van der Waals surface area contributed by atoms with Crippen molar-refractivity contribution in [3.63, 3.8) is 0 Å². The van der Waals surface area contributed by atoms with Gasteiger partial charge in [-0.05, 0) is 30.5 Å². The summed E-state index contributed by atoms with van der Waals surface area (Å²) in [5.74, 6) is -1.96. The monoisotopic (exact) mass is 467 g/mol. The van der Waals surface area contributed by atoms with Gasteiger partial charge < -0.3 is 15.2 Å². The Bertz CT molecular complexity index is 1370. The number of amides is 1. The number of aromatic amines is 1. The van der Waals surface area contributed by atoms with Gasteiger partial charge in [0.25, 0.3) is 5.56 Å². The molecule has 1 fully saturated rings. The number of halogens is 2. The predicted molar refractivity (Wildman–Crippen MR) is 122 cm³/mol. The molecule has 0 saturated carbocycles. The zero-order valence-corrected chi connectivity index (χ0v) is 18.2. The third kappa shape index (κ3) is 4.09. The molecule has 2 aromatic carbocycles. The maximum absolute atomic E-state index is 14.2. The fraction of sp³-hybridized carbons (Fsp3) is 0.217. The minimum Gasteiger partial charge on any atom is -0.350 e. The summed E-state index contributed by atoms with van der Waals surface area (Å²) in [5, 5.41) is 3.44. The molecule has 4 aromatic rings. The third-order valence-electron chi connectivity index (χ3n) is 5.57. The Morgan fingerprint density at radius 1 is 1.12 bits per heavy atom. The SMILES string of the molecule is O=C(NCc1ccccc1)[C@H]1CCCN1c1nc2c(=O)[nH]c(-c3c(F)cccc3F)nc2s1. The van der Waals surface area contributed by atoms with Gasteiger partial charge in [-0.3, -0.25) is 9.59 Å². The zero-order valence-electron chi connectivity index (χ0n) is 17.3. The van der Waals surface area contributed by atoms with Crippen LogP contribution in [0.25, 0.3) is 21.7 Å². The lowest BCUT2D eigenvalue weighted by Gasteiger charge is -2.23. The number of nitrogens with zero attached hydrogens (tertiary/aromatic N) is 3. The number of carbonyl (C=O) groups excluding carboxylic acids is 1. The third-order valence-corrected chi connectivity index (χ3v) is 6.55. The number of hydrogen-bond acceptors (Lipinski definition) is 6. The van der Waals surface area contributed by atoms with Crippen molar-refractivity contribution in [2.75, 3.05) is 11.4 Å². The van der Waals surface area contributed by atoms with Gasteiger partial charge >= 0.3 is 0 Å². The number of aromatic nitrogens is 3. The molecule has 2 N–H and O–H groups in total. The average Bonchev–Trinajstić information content (AvgIpc) is 3.45. The van der Waals surface area contributed by atoms with Crippen LogP contribution in [-0.4, -0.2) is 33.4 Å². The van der Waals surface area contributed by atoms with Gasteiger partial charge in [0.1, 0.15) is 23.5 Å². The lowest BCUT2D eigenvalue weighted by atomic mass is 10.2. The van der Waals surface area contributed by atoms with Gasteiger partial charge in [0, 0.05) is 13.1 Å². The molecule has 0 bridgehead atoms. The van der Waals surface area contributed by atoms with Crippen LogP contribution in [-0.2, 0) is 11.3 Å². The van der Waals surface area contributed by atoms with Crippen molar-refractivity contribution in [1.29, 1.82) is 0 Å². The van der Waals surface area contributed by atoms with Gasteiger partial charge in [-0.15, -0.1) is 0 Å². The maximum atomic E-state index is 14.2. The van der Waals surface area contributed by atoms with Crippen molar-refractivity contribution >= 4 is 32.7 Å². The Kier molecular flexibility index (Phi) is 5.59. The van der Waals surface area contributed by atoms with Crippen molar-refractivity contribution in [3.8, 4) is 11.4 Å². The Morgan fingerprint density at radius 3 is 2.64 bits per heavy atom. The Labute approximate surface area is 191 Å². The van der Waals surface area contributed by atoms with Crippen LogP contribution >= 0.6 is 11.3 Å². The average molecular weight is 468 g/mol. The van der Waals surface area contributed by atoms with Gasteiger partial charge in [-0.1, -0.05) is 47.7 Å². The van der Waals surface area contributed by atoms with E-state index < -0.39 is 28.8 Å². The highest BCUT2D eigenvalue weighted by molar-refractivity contribution is 7.21. The van der Waals surface area contributed by atoms with Crippen LogP contribution in [0.1, 0.15) is 18.4 Å². The molecule has 0 unspecified atom stereocenters. The summed E-state index contributed by atoms with van der Waals surface area (Å²) in [7, 11) is 0. The fourth-order valence-corrected chi connectivity index (χ4v) is 4.97. The molecule has 3 heterocycles. The number of rotatable bonds is 5. The second-order valence-corrected chi connectivity index (χ2v) is 8.67. The van der Waals surface area contributed by atoms with Crippen LogP contribution in [0.3, 0.4) is 0 Å². The predicted octanol–water partition coefficient (Wildman–Crippen LogP) is 3.61. The first-order valence-corrected chi connectivity index (χ1v) is 11.3. The van der Waals surface area contributed by atoms with Gasteiger partial charge in [0.2, 0.25) is 5.91 Å². The first-order chi connectivity index (χ1) is 16.0. The molecule has 2 aromatic heterocycles. The number of anilines is 1. The van der Waals surface area contributed by atoms with E-state index in [2.05, 4.69) is 20.3 Å². The fourth-order valence-electron chi connectivity index (χ4n) is 3.96. The van der Waals surface area contributed by atoms with E-state index >= 15 is 0 Å². The van der Waals surface area contributed by atoms with Gasteiger partial charge in [-0.2, -0.15) is 0 Å². The molecule has 1 amide bonds. The molecule has 0 aliphatic carbocycles. The largest absolute Gasteiger partial charge is 0.350 e. The maximum Gasteiger partial charge on any atom is 0.278 e. The van der Waals surface area contributed by atoms with Gasteiger partial charge in [-0.25, -0.2) is 18.7 Å². The summed E-state index contributed by atoms with van der Waals surface area (Å²) >= 11 is 1.12. The molecule has 168 valence electrons. The van der Waals surface area contributed by atoms with Crippen molar-refractivity contribution in [3.05, 3.63) is 76.1 Å². The summed E-state index contributed by atoms with van der Waals surface area (Å²) in [6.45, 7) is 1.03. The van der Waals surface area contributed by atoms with E-state index in [1.807, 2.05) is 35.2 Å². The van der Waals surface area contributed by atoms with Crippen molar-refractivity contribution in [2.24, 2.45) is 0 Å². The minimum atomic E-state index is -0.822. The summed E-state index contributed by atoms with van der Waals surface area (Å²) in [4.78, 5) is 38.6. The molecule has 10 heteroatoms. The highest BCUT2D eigenvalue weighted by Crippen LogP contribution is 2.32. The minimum absolute atomic E-state index is 0.0749. The normalized spacial score (nSPS) is 15.8. The molecule has 1 aliphatic rings. The molecule has 33 heavy (non-hydrogen) atoms. The highest BCUT2D eigenvalue weighted by Gasteiger charge is 2.33. The molecule has 0 radical (unpaired) electrons. The van der Waals surface area contributed by atoms with E-state index in [4.69, 9.17) is 0 Å². The van der Waals surface area contributed by atoms with Crippen LogP contribution in [0, 0.1) is 11.6 Å².